The first-order chi connectivity index (χ1) is 7.01. The van der Waals surface area contributed by atoms with E-state index in [1.807, 2.05) is 0 Å². The second-order valence-corrected chi connectivity index (χ2v) is 5.00. The van der Waals surface area contributed by atoms with E-state index in [1.165, 1.54) is 11.8 Å². The van der Waals surface area contributed by atoms with Gasteiger partial charge < -0.3 is 4.48 Å². The zero-order chi connectivity index (χ0) is 11.9. The Morgan fingerprint density at radius 1 is 1.20 bits per heavy atom. The van der Waals surface area contributed by atoms with Gasteiger partial charge in [-0.3, -0.25) is 4.79 Å². The number of nitrogens with zero attached hydrogens (tertiary/aromatic N) is 1. The van der Waals surface area contributed by atoms with Crippen LogP contribution in [0, 0.1) is 0 Å². The molecule has 0 bridgehead atoms. The Bertz CT molecular complexity index is 213. The predicted octanol–water partition coefficient (Wildman–Crippen LogP) is 2.70. The van der Waals surface area contributed by atoms with Crippen molar-refractivity contribution in [3.63, 3.8) is 0 Å². The molecule has 0 rings (SSSR count). The zero-order valence-electron chi connectivity index (χ0n) is 10.5. The molecule has 0 saturated heterocycles. The Hall–Kier alpha value is -0.280. The van der Waals surface area contributed by atoms with Gasteiger partial charge in [-0.1, -0.05) is 18.3 Å². The van der Waals surface area contributed by atoms with Crippen LogP contribution in [0.1, 0.15) is 27.7 Å². The third-order valence-corrected chi connectivity index (χ3v) is 4.16. The Morgan fingerprint density at radius 3 is 2.00 bits per heavy atom. The van der Waals surface area contributed by atoms with E-state index in [-0.39, 0.29) is 5.12 Å². The number of rotatable bonds is 7. The third kappa shape index (κ3) is 4.85. The Morgan fingerprint density at radius 2 is 1.67 bits per heavy atom. The van der Waals surface area contributed by atoms with E-state index in [0.717, 1.165) is 36.4 Å². The maximum absolute atomic E-state index is 11.4. The van der Waals surface area contributed by atoms with E-state index in [1.54, 1.807) is 6.92 Å². The summed E-state index contributed by atoms with van der Waals surface area (Å²) in [5.41, 5.74) is 0.655. The quantitative estimate of drug-likeness (QED) is 0.494. The van der Waals surface area contributed by atoms with Crippen molar-refractivity contribution in [1.82, 2.24) is 0 Å². The highest BCUT2D eigenvalue weighted by Crippen LogP contribution is 2.13. The summed E-state index contributed by atoms with van der Waals surface area (Å²) in [7, 11) is 0. The Balaban J connectivity index is 4.02. The van der Waals surface area contributed by atoms with Crippen molar-refractivity contribution >= 4 is 16.9 Å². The second kappa shape index (κ2) is 7.07. The monoisotopic (exact) mass is 230 g/mol. The van der Waals surface area contributed by atoms with Crippen LogP contribution in [0.15, 0.2) is 12.2 Å². The number of carbonyl (C=O) groups is 1. The Kier molecular flexibility index (Phi) is 6.94. The van der Waals surface area contributed by atoms with Crippen molar-refractivity contribution in [2.75, 3.05) is 31.9 Å². The molecule has 0 aliphatic carbocycles. The molecule has 0 radical (unpaired) electrons. The summed E-state index contributed by atoms with van der Waals surface area (Å²) in [6.45, 7) is 16.6. The maximum Gasteiger partial charge on any atom is 0.214 e. The molecule has 88 valence electrons. The van der Waals surface area contributed by atoms with Crippen LogP contribution in [0.25, 0.3) is 0 Å². The summed E-state index contributed by atoms with van der Waals surface area (Å²) in [4.78, 5) is 11.4. The summed E-state index contributed by atoms with van der Waals surface area (Å²) >= 11 is 1.40. The lowest BCUT2D eigenvalue weighted by Gasteiger charge is -2.35. The van der Waals surface area contributed by atoms with Crippen molar-refractivity contribution in [2.45, 2.75) is 27.7 Å². The van der Waals surface area contributed by atoms with Gasteiger partial charge in [0.1, 0.15) is 0 Å². The van der Waals surface area contributed by atoms with E-state index < -0.39 is 0 Å². The highest BCUT2D eigenvalue weighted by molar-refractivity contribution is 8.14. The normalized spacial score (nSPS) is 11.5. The van der Waals surface area contributed by atoms with Crippen molar-refractivity contribution < 1.29 is 9.28 Å². The fraction of sp³-hybridized carbons (Fsp3) is 0.750. The lowest BCUT2D eigenvalue weighted by atomic mass is 10.3. The minimum Gasteiger partial charge on any atom is -0.324 e. The average Bonchev–Trinajstić information content (AvgIpc) is 2.24. The molecule has 0 heterocycles. The van der Waals surface area contributed by atoms with Gasteiger partial charge in [0.15, 0.2) is 0 Å². The van der Waals surface area contributed by atoms with Crippen LogP contribution in [-0.2, 0) is 4.79 Å². The molecule has 0 saturated carbocycles. The lowest BCUT2D eigenvalue weighted by molar-refractivity contribution is -0.920. The molecular weight excluding hydrogens is 206 g/mol. The van der Waals surface area contributed by atoms with Crippen LogP contribution < -0.4 is 0 Å². The molecule has 15 heavy (non-hydrogen) atoms. The zero-order valence-corrected chi connectivity index (χ0v) is 11.3. The molecule has 0 atom stereocenters. The molecule has 2 nitrogen and oxygen atoms in total. The van der Waals surface area contributed by atoms with Crippen LogP contribution in [0.5, 0.6) is 0 Å². The number of thioether (sulfide) groups is 1. The highest BCUT2D eigenvalue weighted by atomic mass is 32.2. The van der Waals surface area contributed by atoms with E-state index in [9.17, 15) is 4.79 Å². The van der Waals surface area contributed by atoms with Gasteiger partial charge in [0.05, 0.1) is 31.9 Å². The van der Waals surface area contributed by atoms with Crippen molar-refractivity contribution in [3.8, 4) is 0 Å². The van der Waals surface area contributed by atoms with Crippen LogP contribution in [0.4, 0.5) is 0 Å². The largest absolute Gasteiger partial charge is 0.324 e. The van der Waals surface area contributed by atoms with E-state index >= 15 is 0 Å². The van der Waals surface area contributed by atoms with Crippen LogP contribution in [-0.4, -0.2) is 41.5 Å². The molecule has 0 aromatic heterocycles. The minimum absolute atomic E-state index is 0.136. The van der Waals surface area contributed by atoms with Crippen molar-refractivity contribution in [2.24, 2.45) is 0 Å². The molecule has 0 aromatic rings. The topological polar surface area (TPSA) is 17.1 Å². The molecule has 3 heteroatoms. The third-order valence-electron chi connectivity index (χ3n) is 3.16. The molecule has 0 unspecified atom stereocenters. The number of carbonyl (C=O) groups excluding carboxylic acids is 1. The van der Waals surface area contributed by atoms with Gasteiger partial charge in [-0.15, -0.1) is 0 Å². The smallest absolute Gasteiger partial charge is 0.214 e. The van der Waals surface area contributed by atoms with Crippen LogP contribution in [0.3, 0.4) is 0 Å². The molecule has 0 fully saturated rings. The summed E-state index contributed by atoms with van der Waals surface area (Å²) in [6, 6.07) is 0. The summed E-state index contributed by atoms with van der Waals surface area (Å²) in [6.07, 6.45) is 0. The van der Waals surface area contributed by atoms with Gasteiger partial charge in [-0.25, -0.2) is 0 Å². The molecule has 0 aliphatic rings. The second-order valence-electron chi connectivity index (χ2n) is 3.93. The maximum atomic E-state index is 11.4. The van der Waals surface area contributed by atoms with E-state index in [4.69, 9.17) is 0 Å². The first-order valence-corrected chi connectivity index (χ1v) is 6.67. The van der Waals surface area contributed by atoms with Crippen molar-refractivity contribution in [3.05, 3.63) is 12.2 Å². The first kappa shape index (κ1) is 14.7. The minimum atomic E-state index is 0.136. The van der Waals surface area contributed by atoms with Gasteiger partial charge in [0.25, 0.3) is 0 Å². The molecule has 0 amide bonds. The first-order valence-electron chi connectivity index (χ1n) is 5.69. The van der Waals surface area contributed by atoms with Crippen LogP contribution in [0.2, 0.25) is 0 Å². The fourth-order valence-electron chi connectivity index (χ4n) is 1.60. The highest BCUT2D eigenvalue weighted by Gasteiger charge is 2.20. The van der Waals surface area contributed by atoms with Gasteiger partial charge in [0, 0.05) is 0 Å². The van der Waals surface area contributed by atoms with Gasteiger partial charge in [0.2, 0.25) is 5.12 Å². The molecule has 0 N–H and O–H groups in total. The molecule has 0 aromatic carbocycles. The molecule has 0 aliphatic heterocycles. The number of hydrogen-bond acceptors (Lipinski definition) is 2. The summed E-state index contributed by atoms with van der Waals surface area (Å²) < 4.78 is 1.11. The standard InChI is InChI=1S/C12H24NOS/c1-6-13(7-2,8-3)9-10-15-12(14)11(4)5/h4,6-10H2,1-3,5H3/q+1. The van der Waals surface area contributed by atoms with Gasteiger partial charge >= 0.3 is 0 Å². The lowest BCUT2D eigenvalue weighted by Crippen LogP contribution is -2.49. The summed E-state index contributed by atoms with van der Waals surface area (Å²) in [5.74, 6) is 0.904. The molecule has 0 spiro atoms. The predicted molar refractivity (Wildman–Crippen MR) is 69.0 cm³/mol. The van der Waals surface area contributed by atoms with E-state index in [0.29, 0.717) is 5.57 Å². The fourth-order valence-corrected chi connectivity index (χ4v) is 2.51. The van der Waals surface area contributed by atoms with E-state index in [2.05, 4.69) is 27.4 Å². The summed E-state index contributed by atoms with van der Waals surface area (Å²) in [5, 5.41) is 0.136. The number of quaternary nitrogens is 1. The number of hydrogen-bond donors (Lipinski definition) is 0. The average molecular weight is 230 g/mol. The molecular formula is C12H24NOS+. The van der Waals surface area contributed by atoms with Gasteiger partial charge in [-0.2, -0.15) is 0 Å². The Labute approximate surface area is 98.3 Å². The van der Waals surface area contributed by atoms with Crippen molar-refractivity contribution in [1.29, 1.82) is 0 Å². The SMILES string of the molecule is C=C(C)C(=O)SCC[N+](CC)(CC)CC. The van der Waals surface area contributed by atoms with Gasteiger partial charge in [-0.05, 0) is 33.3 Å². The van der Waals surface area contributed by atoms with Crippen LogP contribution >= 0.6 is 11.8 Å².